The normalized spacial score (nSPS) is 12.8. The first kappa shape index (κ1) is 22.2. The van der Waals surface area contributed by atoms with Gasteiger partial charge in [0.15, 0.2) is 22.5 Å². The van der Waals surface area contributed by atoms with Gasteiger partial charge < -0.3 is 18.9 Å². The summed E-state index contributed by atoms with van der Waals surface area (Å²) in [5.41, 5.74) is 3.14. The molecule has 8 heteroatoms. The highest BCUT2D eigenvalue weighted by molar-refractivity contribution is 7.99. The van der Waals surface area contributed by atoms with Gasteiger partial charge in [0.25, 0.3) is 0 Å². The van der Waals surface area contributed by atoms with Crippen LogP contribution in [0.3, 0.4) is 0 Å². The Morgan fingerprint density at radius 2 is 1.88 bits per heavy atom. The molecule has 168 valence electrons. The Morgan fingerprint density at radius 1 is 1.09 bits per heavy atom. The Bertz CT molecular complexity index is 1110. The van der Waals surface area contributed by atoms with Crippen LogP contribution in [0.5, 0.6) is 11.5 Å². The number of amides is 1. The molecule has 0 saturated carbocycles. The van der Waals surface area contributed by atoms with E-state index in [2.05, 4.69) is 34.7 Å². The molecule has 0 atom stereocenters. The summed E-state index contributed by atoms with van der Waals surface area (Å²) in [6.45, 7) is 5.78. The van der Waals surface area contributed by atoms with Crippen molar-refractivity contribution >= 4 is 23.4 Å². The summed E-state index contributed by atoms with van der Waals surface area (Å²) in [5, 5.41) is 9.61. The fourth-order valence-corrected chi connectivity index (χ4v) is 4.74. The van der Waals surface area contributed by atoms with E-state index in [-0.39, 0.29) is 5.91 Å². The Hall–Kier alpha value is -3.00. The third-order valence-electron chi connectivity index (χ3n) is 5.42. The molecule has 1 aliphatic heterocycles. The quantitative estimate of drug-likeness (QED) is 0.475. The van der Waals surface area contributed by atoms with E-state index in [4.69, 9.17) is 9.47 Å². The van der Waals surface area contributed by atoms with Crippen molar-refractivity contribution in [3.63, 3.8) is 0 Å². The molecule has 0 fully saturated rings. The summed E-state index contributed by atoms with van der Waals surface area (Å²) in [7, 11) is 3.23. The lowest BCUT2D eigenvalue weighted by Gasteiger charge is -2.17. The first-order valence-corrected chi connectivity index (χ1v) is 11.7. The number of hydrogen-bond acceptors (Lipinski definition) is 6. The van der Waals surface area contributed by atoms with Gasteiger partial charge in [-0.15, -0.1) is 10.2 Å². The maximum absolute atomic E-state index is 13.0. The zero-order valence-electron chi connectivity index (χ0n) is 18.9. The van der Waals surface area contributed by atoms with E-state index < -0.39 is 0 Å². The molecule has 0 saturated heterocycles. The minimum Gasteiger partial charge on any atom is -0.493 e. The summed E-state index contributed by atoms with van der Waals surface area (Å²) in [6, 6.07) is 13.8. The molecule has 0 radical (unpaired) electrons. The van der Waals surface area contributed by atoms with Crippen LogP contribution in [0.25, 0.3) is 11.4 Å². The summed E-state index contributed by atoms with van der Waals surface area (Å²) in [4.78, 5) is 14.8. The largest absolute Gasteiger partial charge is 0.493 e. The molecule has 1 aromatic heterocycles. The number of rotatable bonds is 8. The third-order valence-corrected chi connectivity index (χ3v) is 6.37. The average molecular weight is 453 g/mol. The van der Waals surface area contributed by atoms with E-state index in [9.17, 15) is 4.79 Å². The van der Waals surface area contributed by atoms with Crippen LogP contribution in [0, 0.1) is 5.92 Å². The number of carbonyl (C=O) groups excluding carboxylic acids is 1. The monoisotopic (exact) mass is 452 g/mol. The Balaban J connectivity index is 1.56. The van der Waals surface area contributed by atoms with E-state index in [0.29, 0.717) is 23.2 Å². The van der Waals surface area contributed by atoms with Gasteiger partial charge in [0, 0.05) is 24.3 Å². The van der Waals surface area contributed by atoms with Crippen LogP contribution in [0.15, 0.2) is 47.6 Å². The number of anilines is 1. The molecule has 0 bridgehead atoms. The van der Waals surface area contributed by atoms with Crippen LogP contribution in [0.2, 0.25) is 0 Å². The van der Waals surface area contributed by atoms with Gasteiger partial charge >= 0.3 is 0 Å². The van der Waals surface area contributed by atoms with Gasteiger partial charge in [-0.1, -0.05) is 43.8 Å². The standard InChI is InChI=1S/C24H28N4O3S/c1-16(2)14-28-23(18-9-10-20(30-3)21(13-18)31-4)25-26-24(28)32-15-22(29)27-12-11-17-7-5-6-8-19(17)27/h5-10,13,16H,11-12,14-15H2,1-4H3. The second kappa shape index (κ2) is 9.65. The maximum atomic E-state index is 13.0. The van der Waals surface area contributed by atoms with Crippen LogP contribution < -0.4 is 14.4 Å². The minimum atomic E-state index is 0.0895. The summed E-state index contributed by atoms with van der Waals surface area (Å²) < 4.78 is 12.9. The Kier molecular flexibility index (Phi) is 6.69. The molecule has 3 aromatic rings. The minimum absolute atomic E-state index is 0.0895. The lowest BCUT2D eigenvalue weighted by molar-refractivity contribution is -0.116. The maximum Gasteiger partial charge on any atom is 0.237 e. The third kappa shape index (κ3) is 4.46. The number of carbonyl (C=O) groups is 1. The van der Waals surface area contributed by atoms with E-state index in [1.54, 1.807) is 14.2 Å². The first-order chi connectivity index (χ1) is 15.5. The number of methoxy groups -OCH3 is 2. The number of hydrogen-bond donors (Lipinski definition) is 0. The molecule has 32 heavy (non-hydrogen) atoms. The number of aromatic nitrogens is 3. The fraction of sp³-hybridized carbons (Fsp3) is 0.375. The van der Waals surface area contributed by atoms with Crippen LogP contribution in [-0.2, 0) is 17.8 Å². The van der Waals surface area contributed by atoms with Crippen molar-refractivity contribution in [1.82, 2.24) is 14.8 Å². The van der Waals surface area contributed by atoms with Crippen LogP contribution in [-0.4, -0.2) is 47.2 Å². The smallest absolute Gasteiger partial charge is 0.237 e. The van der Waals surface area contributed by atoms with Gasteiger partial charge in [0.05, 0.1) is 20.0 Å². The number of thioether (sulfide) groups is 1. The first-order valence-electron chi connectivity index (χ1n) is 10.7. The van der Waals surface area contributed by atoms with Crippen molar-refractivity contribution < 1.29 is 14.3 Å². The molecule has 0 aliphatic carbocycles. The predicted octanol–water partition coefficient (Wildman–Crippen LogP) is 4.30. The average Bonchev–Trinajstić information content (AvgIpc) is 3.41. The fourth-order valence-electron chi connectivity index (χ4n) is 3.92. The SMILES string of the molecule is COc1ccc(-c2nnc(SCC(=O)N3CCc4ccccc43)n2CC(C)C)cc1OC. The van der Waals surface area contributed by atoms with Gasteiger partial charge in [-0.3, -0.25) is 4.79 Å². The number of nitrogens with zero attached hydrogens (tertiary/aromatic N) is 4. The van der Waals surface area contributed by atoms with Crippen LogP contribution >= 0.6 is 11.8 Å². The van der Waals surface area contributed by atoms with E-state index in [1.807, 2.05) is 41.3 Å². The molecule has 1 aliphatic rings. The molecule has 1 amide bonds. The van der Waals surface area contributed by atoms with Gasteiger partial charge in [-0.05, 0) is 42.2 Å². The molecule has 2 heterocycles. The second-order valence-electron chi connectivity index (χ2n) is 8.09. The summed E-state index contributed by atoms with van der Waals surface area (Å²) in [6.07, 6.45) is 0.902. The van der Waals surface area contributed by atoms with Gasteiger partial charge in [-0.2, -0.15) is 0 Å². The van der Waals surface area contributed by atoms with Crippen molar-refractivity contribution in [1.29, 1.82) is 0 Å². The topological polar surface area (TPSA) is 69.5 Å². The number of ether oxygens (including phenoxy) is 2. The molecule has 2 aromatic carbocycles. The molecular formula is C24H28N4O3S. The number of benzene rings is 2. The highest BCUT2D eigenvalue weighted by Gasteiger charge is 2.25. The molecule has 0 spiro atoms. The highest BCUT2D eigenvalue weighted by atomic mass is 32.2. The van der Waals surface area contributed by atoms with Crippen molar-refractivity contribution in [3.8, 4) is 22.9 Å². The lowest BCUT2D eigenvalue weighted by Crippen LogP contribution is -2.30. The highest BCUT2D eigenvalue weighted by Crippen LogP contribution is 2.34. The van der Waals surface area contributed by atoms with E-state index >= 15 is 0 Å². The Morgan fingerprint density at radius 3 is 2.62 bits per heavy atom. The predicted molar refractivity (Wildman–Crippen MR) is 127 cm³/mol. The van der Waals surface area contributed by atoms with E-state index in [0.717, 1.165) is 41.7 Å². The van der Waals surface area contributed by atoms with Crippen molar-refractivity contribution in [2.75, 3.05) is 31.4 Å². The Labute approximate surface area is 192 Å². The molecule has 0 unspecified atom stereocenters. The molecule has 0 N–H and O–H groups in total. The zero-order valence-corrected chi connectivity index (χ0v) is 19.7. The van der Waals surface area contributed by atoms with Gasteiger partial charge in [0.1, 0.15) is 0 Å². The van der Waals surface area contributed by atoms with Crippen molar-refractivity contribution in [2.45, 2.75) is 32.0 Å². The molecule has 4 rings (SSSR count). The van der Waals surface area contributed by atoms with Crippen molar-refractivity contribution in [3.05, 3.63) is 48.0 Å². The molecule has 7 nitrogen and oxygen atoms in total. The van der Waals surface area contributed by atoms with Crippen LogP contribution in [0.4, 0.5) is 5.69 Å². The molecular weight excluding hydrogens is 424 g/mol. The van der Waals surface area contributed by atoms with E-state index in [1.165, 1.54) is 17.3 Å². The number of para-hydroxylation sites is 1. The van der Waals surface area contributed by atoms with Gasteiger partial charge in [-0.25, -0.2) is 0 Å². The second-order valence-corrected chi connectivity index (χ2v) is 9.04. The van der Waals surface area contributed by atoms with Gasteiger partial charge in [0.2, 0.25) is 5.91 Å². The lowest BCUT2D eigenvalue weighted by atomic mass is 10.1. The summed E-state index contributed by atoms with van der Waals surface area (Å²) >= 11 is 1.43. The number of fused-ring (bicyclic) bond motifs is 1. The van der Waals surface area contributed by atoms with Crippen molar-refractivity contribution in [2.24, 2.45) is 5.92 Å². The van der Waals surface area contributed by atoms with Crippen LogP contribution in [0.1, 0.15) is 19.4 Å². The zero-order chi connectivity index (χ0) is 22.7. The summed E-state index contributed by atoms with van der Waals surface area (Å²) in [5.74, 6) is 2.85.